The van der Waals surface area contributed by atoms with Crippen LogP contribution in [0.2, 0.25) is 0 Å². The van der Waals surface area contributed by atoms with Crippen molar-refractivity contribution in [3.05, 3.63) is 100 Å². The Labute approximate surface area is 170 Å². The van der Waals surface area contributed by atoms with Crippen LogP contribution in [0, 0.1) is 11.2 Å². The summed E-state index contributed by atoms with van der Waals surface area (Å²) in [5.74, 6) is -0.869. The molecule has 0 fully saturated rings. The second kappa shape index (κ2) is 7.75. The van der Waals surface area contributed by atoms with E-state index in [-0.39, 0.29) is 46.6 Å². The number of pyridine rings is 2. The van der Waals surface area contributed by atoms with Crippen LogP contribution in [0.3, 0.4) is 0 Å². The van der Waals surface area contributed by atoms with Crippen molar-refractivity contribution in [2.75, 3.05) is 6.54 Å². The molecule has 1 aromatic carbocycles. The Bertz CT molecular complexity index is 1400. The van der Waals surface area contributed by atoms with Gasteiger partial charge in [-0.05, 0) is 35.9 Å². The Hall–Kier alpha value is -4.07. The lowest BCUT2D eigenvalue weighted by atomic mass is 10.1. The summed E-state index contributed by atoms with van der Waals surface area (Å²) in [7, 11) is 0. The van der Waals surface area contributed by atoms with E-state index in [1.807, 2.05) is 0 Å². The van der Waals surface area contributed by atoms with Crippen molar-refractivity contribution in [2.45, 2.75) is 6.54 Å². The van der Waals surface area contributed by atoms with E-state index in [0.29, 0.717) is 11.2 Å². The van der Waals surface area contributed by atoms with Gasteiger partial charge in [0, 0.05) is 12.7 Å². The third-order valence-electron chi connectivity index (χ3n) is 4.72. The van der Waals surface area contributed by atoms with E-state index in [0.717, 1.165) is 0 Å². The Kier molecular flexibility index (Phi) is 4.97. The fraction of sp³-hybridized carbons (Fsp3) is 0.0909. The minimum absolute atomic E-state index is 0.0428. The number of halogens is 1. The molecule has 2 N–H and O–H groups in total. The normalized spacial score (nSPS) is 11.0. The second-order valence-electron chi connectivity index (χ2n) is 6.70. The van der Waals surface area contributed by atoms with Gasteiger partial charge >= 0.3 is 0 Å². The van der Waals surface area contributed by atoms with Gasteiger partial charge < -0.3 is 9.88 Å². The van der Waals surface area contributed by atoms with E-state index in [4.69, 9.17) is 5.41 Å². The highest BCUT2D eigenvalue weighted by atomic mass is 19.1. The molecule has 3 aromatic heterocycles. The number of benzene rings is 1. The zero-order valence-electron chi connectivity index (χ0n) is 15.9. The first-order valence-corrected chi connectivity index (χ1v) is 9.22. The third-order valence-corrected chi connectivity index (χ3v) is 4.72. The van der Waals surface area contributed by atoms with Crippen LogP contribution in [0.4, 0.5) is 4.39 Å². The van der Waals surface area contributed by atoms with E-state index in [9.17, 15) is 14.0 Å². The van der Waals surface area contributed by atoms with E-state index in [1.54, 1.807) is 36.5 Å². The van der Waals surface area contributed by atoms with Crippen molar-refractivity contribution in [1.82, 2.24) is 19.3 Å². The molecule has 4 rings (SSSR count). The maximum Gasteiger partial charge on any atom is 0.267 e. The molecular weight excluding hydrogens is 385 g/mol. The molecule has 30 heavy (non-hydrogen) atoms. The van der Waals surface area contributed by atoms with Gasteiger partial charge in [-0.15, -0.1) is 6.58 Å². The second-order valence-corrected chi connectivity index (χ2v) is 6.70. The lowest BCUT2D eigenvalue weighted by Crippen LogP contribution is -2.35. The van der Waals surface area contributed by atoms with Gasteiger partial charge in [0.25, 0.3) is 11.5 Å². The smallest absolute Gasteiger partial charge is 0.267 e. The summed E-state index contributed by atoms with van der Waals surface area (Å²) >= 11 is 0. The maximum atomic E-state index is 13.3. The Balaban J connectivity index is 2.02. The number of fused-ring (bicyclic) bond motifs is 2. The van der Waals surface area contributed by atoms with Gasteiger partial charge in [-0.1, -0.05) is 24.3 Å². The first-order chi connectivity index (χ1) is 14.5. The molecule has 4 aromatic rings. The van der Waals surface area contributed by atoms with Gasteiger partial charge in [0.1, 0.15) is 22.6 Å². The molecule has 0 spiro atoms. The Morgan fingerprint density at radius 2 is 2.00 bits per heavy atom. The van der Waals surface area contributed by atoms with Crippen LogP contribution >= 0.6 is 0 Å². The van der Waals surface area contributed by atoms with Crippen LogP contribution in [-0.4, -0.2) is 26.4 Å². The van der Waals surface area contributed by atoms with Crippen LogP contribution in [0.15, 0.2) is 72.2 Å². The number of amides is 1. The van der Waals surface area contributed by atoms with Gasteiger partial charge in [-0.2, -0.15) is 0 Å². The number of nitrogens with zero attached hydrogens (tertiary/aromatic N) is 3. The van der Waals surface area contributed by atoms with Crippen LogP contribution in [0.5, 0.6) is 0 Å². The molecule has 0 aliphatic carbocycles. The molecule has 3 heterocycles. The number of carbonyl (C=O) groups is 1. The third kappa shape index (κ3) is 3.39. The van der Waals surface area contributed by atoms with Crippen molar-refractivity contribution >= 4 is 22.6 Å². The summed E-state index contributed by atoms with van der Waals surface area (Å²) in [5.41, 5.74) is 1.00. The van der Waals surface area contributed by atoms with Gasteiger partial charge in [0.05, 0.1) is 17.5 Å². The summed E-state index contributed by atoms with van der Waals surface area (Å²) < 4.78 is 16.2. The summed E-state index contributed by atoms with van der Waals surface area (Å²) in [6.07, 6.45) is 3.12. The molecule has 0 saturated carbocycles. The molecule has 8 heteroatoms. The number of hydrogen-bond acceptors (Lipinski definition) is 4. The number of carbonyl (C=O) groups excluding carboxylic acids is 1. The molecular formula is C22H18FN5O2. The van der Waals surface area contributed by atoms with Crippen molar-refractivity contribution in [3.8, 4) is 0 Å². The molecule has 0 aliphatic rings. The van der Waals surface area contributed by atoms with Crippen LogP contribution in [-0.2, 0) is 6.54 Å². The van der Waals surface area contributed by atoms with E-state index in [2.05, 4.69) is 16.9 Å². The summed E-state index contributed by atoms with van der Waals surface area (Å²) in [5, 5.41) is 11.5. The molecule has 0 radical (unpaired) electrons. The topological polar surface area (TPSA) is 92.2 Å². The average molecular weight is 403 g/mol. The van der Waals surface area contributed by atoms with Crippen molar-refractivity contribution in [3.63, 3.8) is 0 Å². The van der Waals surface area contributed by atoms with Gasteiger partial charge in [-0.3, -0.25) is 19.4 Å². The van der Waals surface area contributed by atoms with Crippen LogP contribution in [0.1, 0.15) is 15.9 Å². The van der Waals surface area contributed by atoms with Gasteiger partial charge in [0.15, 0.2) is 0 Å². The molecule has 0 unspecified atom stereocenters. The number of aromatic nitrogens is 3. The predicted molar refractivity (Wildman–Crippen MR) is 111 cm³/mol. The van der Waals surface area contributed by atoms with E-state index < -0.39 is 5.91 Å². The number of nitrogens with one attached hydrogen (secondary N) is 2. The van der Waals surface area contributed by atoms with Crippen molar-refractivity contribution in [2.24, 2.45) is 0 Å². The molecule has 0 aliphatic heterocycles. The molecule has 0 saturated heterocycles. The highest BCUT2D eigenvalue weighted by Gasteiger charge is 2.17. The summed E-state index contributed by atoms with van der Waals surface area (Å²) in [4.78, 5) is 30.3. The molecule has 1 amide bonds. The minimum atomic E-state index is -0.493. The van der Waals surface area contributed by atoms with E-state index >= 15 is 0 Å². The summed E-state index contributed by atoms with van der Waals surface area (Å²) in [6, 6.07) is 12.4. The fourth-order valence-electron chi connectivity index (χ4n) is 3.25. The lowest BCUT2D eigenvalue weighted by Gasteiger charge is -2.15. The minimum Gasteiger partial charge on any atom is -0.348 e. The molecule has 7 nitrogen and oxygen atoms in total. The van der Waals surface area contributed by atoms with Crippen molar-refractivity contribution < 1.29 is 9.18 Å². The standard InChI is InChI=1S/C22H18FN5O2/c1-2-10-25-21(29)16-12-17-20(26-18-5-3-4-11-27(18)22(17)30)28(19(16)24)13-14-6-8-15(23)9-7-14/h2-9,11-12,24H,1,10,13H2,(H,25,29). The predicted octanol–water partition coefficient (Wildman–Crippen LogP) is 2.23. The highest BCUT2D eigenvalue weighted by Crippen LogP contribution is 2.13. The highest BCUT2D eigenvalue weighted by molar-refractivity contribution is 5.96. The molecule has 0 atom stereocenters. The zero-order chi connectivity index (χ0) is 21.3. The fourth-order valence-corrected chi connectivity index (χ4v) is 3.25. The lowest BCUT2D eigenvalue weighted by molar-refractivity contribution is 0.0955. The van der Waals surface area contributed by atoms with Gasteiger partial charge in [0.2, 0.25) is 0 Å². The van der Waals surface area contributed by atoms with Crippen LogP contribution in [0.25, 0.3) is 16.7 Å². The van der Waals surface area contributed by atoms with Gasteiger partial charge in [-0.25, -0.2) is 9.37 Å². The average Bonchev–Trinajstić information content (AvgIpc) is 2.75. The summed E-state index contributed by atoms with van der Waals surface area (Å²) in [6.45, 7) is 3.94. The van der Waals surface area contributed by atoms with E-state index in [1.165, 1.54) is 33.2 Å². The molecule has 150 valence electrons. The molecule has 0 bridgehead atoms. The largest absolute Gasteiger partial charge is 0.348 e. The number of hydrogen-bond donors (Lipinski definition) is 2. The SMILES string of the molecule is C=CCNC(=O)c1cc2c(=O)n3ccccc3nc2n(Cc2ccc(F)cc2)c1=N. The van der Waals surface area contributed by atoms with Crippen molar-refractivity contribution in [1.29, 1.82) is 5.41 Å². The van der Waals surface area contributed by atoms with Crippen LogP contribution < -0.4 is 16.4 Å². The first kappa shape index (κ1) is 19.3. The Morgan fingerprint density at radius 3 is 2.73 bits per heavy atom. The monoisotopic (exact) mass is 403 g/mol. The quantitative estimate of drug-likeness (QED) is 0.395. The number of rotatable bonds is 5. The first-order valence-electron chi connectivity index (χ1n) is 9.22. The zero-order valence-corrected chi connectivity index (χ0v) is 15.9. The maximum absolute atomic E-state index is 13.3. The Morgan fingerprint density at radius 1 is 1.23 bits per heavy atom.